The summed E-state index contributed by atoms with van der Waals surface area (Å²) in [6.45, 7) is -0.400. The lowest BCUT2D eigenvalue weighted by molar-refractivity contribution is -0.154. The molecule has 7 heteroatoms. The fraction of sp³-hybridized carbons (Fsp3) is 0.304. The minimum Gasteiger partial charge on any atom is -0.292 e. The molecule has 2 aromatic carbocycles. The van der Waals surface area contributed by atoms with E-state index in [1.807, 2.05) is 0 Å². The lowest BCUT2D eigenvalue weighted by Gasteiger charge is -2.30. The van der Waals surface area contributed by atoms with Crippen molar-refractivity contribution in [1.29, 1.82) is 0 Å². The Morgan fingerprint density at radius 1 is 0.867 bits per heavy atom. The maximum Gasteiger partial charge on any atom is 0.273 e. The zero-order chi connectivity index (χ0) is 21.3. The van der Waals surface area contributed by atoms with Crippen LogP contribution < -0.4 is 0 Å². The summed E-state index contributed by atoms with van der Waals surface area (Å²) in [6.07, 6.45) is 3.01. The summed E-state index contributed by atoms with van der Waals surface area (Å²) in [7, 11) is 0. The quantitative estimate of drug-likeness (QED) is 0.541. The second-order valence-electron chi connectivity index (χ2n) is 7.64. The highest BCUT2D eigenvalue weighted by atomic mass is 35.5. The minimum absolute atomic E-state index is 0.246. The number of carbonyl (C=O) groups excluding carboxylic acids is 4. The molecule has 1 heterocycles. The highest BCUT2D eigenvalue weighted by molar-refractivity contribution is 6.30. The first-order valence-corrected chi connectivity index (χ1v) is 10.4. The molecule has 0 N–H and O–H groups in total. The van der Waals surface area contributed by atoms with Crippen molar-refractivity contribution in [2.75, 3.05) is 6.54 Å². The van der Waals surface area contributed by atoms with E-state index in [-0.39, 0.29) is 11.3 Å². The number of rotatable bonds is 5. The van der Waals surface area contributed by atoms with Crippen LogP contribution in [0.5, 0.6) is 0 Å². The van der Waals surface area contributed by atoms with E-state index in [9.17, 15) is 19.2 Å². The number of ketones is 1. The molecule has 3 amide bonds. The van der Waals surface area contributed by atoms with E-state index < -0.39 is 36.1 Å². The summed E-state index contributed by atoms with van der Waals surface area (Å²) in [4.78, 5) is 52.3. The van der Waals surface area contributed by atoms with Crippen molar-refractivity contribution in [1.82, 2.24) is 10.0 Å². The Morgan fingerprint density at radius 2 is 1.43 bits per heavy atom. The summed E-state index contributed by atoms with van der Waals surface area (Å²) >= 11 is 5.92. The Kier molecular flexibility index (Phi) is 5.68. The number of fused-ring (bicyclic) bond motifs is 1. The number of nitrogens with zero attached hydrogens (tertiary/aromatic N) is 2. The number of hydrazine groups is 1. The van der Waals surface area contributed by atoms with Crippen molar-refractivity contribution >= 4 is 35.1 Å². The van der Waals surface area contributed by atoms with Gasteiger partial charge in [-0.25, -0.2) is 5.01 Å². The molecule has 30 heavy (non-hydrogen) atoms. The van der Waals surface area contributed by atoms with Crippen molar-refractivity contribution in [3.8, 4) is 0 Å². The molecule has 0 radical (unpaired) electrons. The Labute approximate surface area is 179 Å². The summed E-state index contributed by atoms with van der Waals surface area (Å²) in [5.41, 5.74) is 0.652. The second kappa shape index (κ2) is 8.40. The molecule has 1 saturated carbocycles. The summed E-state index contributed by atoms with van der Waals surface area (Å²) < 4.78 is 0. The highest BCUT2D eigenvalue weighted by Crippen LogP contribution is 2.39. The van der Waals surface area contributed by atoms with Gasteiger partial charge < -0.3 is 0 Å². The topological polar surface area (TPSA) is 74.8 Å². The van der Waals surface area contributed by atoms with E-state index in [2.05, 4.69) is 0 Å². The van der Waals surface area contributed by atoms with E-state index in [4.69, 9.17) is 11.6 Å². The summed E-state index contributed by atoms with van der Waals surface area (Å²) in [5, 5.41) is 2.37. The van der Waals surface area contributed by atoms with Gasteiger partial charge in [-0.3, -0.25) is 19.2 Å². The highest BCUT2D eigenvalue weighted by Gasteiger charge is 2.51. The molecule has 1 saturated heterocycles. The van der Waals surface area contributed by atoms with Crippen LogP contribution in [0.1, 0.15) is 46.4 Å². The maximum absolute atomic E-state index is 13.3. The average Bonchev–Trinajstić information content (AvgIpc) is 3.03. The van der Waals surface area contributed by atoms with Gasteiger partial charge >= 0.3 is 0 Å². The van der Waals surface area contributed by atoms with Gasteiger partial charge in [0, 0.05) is 16.1 Å². The third-order valence-electron chi connectivity index (χ3n) is 5.77. The molecule has 1 aliphatic heterocycles. The van der Waals surface area contributed by atoms with Gasteiger partial charge in [-0.2, -0.15) is 5.01 Å². The molecule has 4 rings (SSSR count). The lowest BCUT2D eigenvalue weighted by Crippen LogP contribution is -2.52. The normalized spacial score (nSPS) is 20.8. The fourth-order valence-corrected chi connectivity index (χ4v) is 4.33. The zero-order valence-corrected chi connectivity index (χ0v) is 17.0. The van der Waals surface area contributed by atoms with Gasteiger partial charge in [0.1, 0.15) is 6.54 Å². The number of halogens is 1. The number of imide groups is 1. The van der Waals surface area contributed by atoms with E-state index in [1.165, 1.54) is 12.1 Å². The second-order valence-corrected chi connectivity index (χ2v) is 8.08. The Hall–Kier alpha value is -2.99. The van der Waals surface area contributed by atoms with Crippen molar-refractivity contribution in [2.45, 2.75) is 25.7 Å². The first-order chi connectivity index (χ1) is 14.5. The van der Waals surface area contributed by atoms with Crippen molar-refractivity contribution in [3.05, 3.63) is 70.7 Å². The predicted molar refractivity (Wildman–Crippen MR) is 111 cm³/mol. The largest absolute Gasteiger partial charge is 0.292 e. The minimum atomic E-state index is -0.587. The third-order valence-corrected chi connectivity index (χ3v) is 6.03. The molecular formula is C23H21ClN2O4. The van der Waals surface area contributed by atoms with Crippen LogP contribution in [-0.2, 0) is 9.59 Å². The molecule has 6 nitrogen and oxygen atoms in total. The van der Waals surface area contributed by atoms with Gasteiger partial charge in [0.15, 0.2) is 5.78 Å². The zero-order valence-electron chi connectivity index (χ0n) is 16.3. The number of carbonyl (C=O) groups is 4. The molecule has 0 spiro atoms. The Morgan fingerprint density at radius 3 is 2.00 bits per heavy atom. The fourth-order valence-electron chi connectivity index (χ4n) is 4.21. The van der Waals surface area contributed by atoms with E-state index in [0.717, 1.165) is 22.9 Å². The van der Waals surface area contributed by atoms with Gasteiger partial charge in [0.25, 0.3) is 17.7 Å². The van der Waals surface area contributed by atoms with Crippen LogP contribution >= 0.6 is 11.6 Å². The first-order valence-electron chi connectivity index (χ1n) is 10.0. The molecule has 2 fully saturated rings. The molecule has 2 aromatic rings. The number of hydrogen-bond donors (Lipinski definition) is 0. The van der Waals surface area contributed by atoms with E-state index in [0.29, 0.717) is 23.4 Å². The smallest absolute Gasteiger partial charge is 0.273 e. The average molecular weight is 425 g/mol. The van der Waals surface area contributed by atoms with Crippen LogP contribution in [0, 0.1) is 11.8 Å². The molecule has 0 bridgehead atoms. The third kappa shape index (κ3) is 3.75. The molecule has 2 aliphatic rings. The molecule has 154 valence electrons. The molecule has 2 atom stereocenters. The Bertz CT molecular complexity index is 966. The number of hydrogen-bond acceptors (Lipinski definition) is 4. The summed E-state index contributed by atoms with van der Waals surface area (Å²) in [5.74, 6) is -2.57. The van der Waals surface area contributed by atoms with Gasteiger partial charge in [0.2, 0.25) is 0 Å². The van der Waals surface area contributed by atoms with Gasteiger partial charge in [-0.15, -0.1) is 0 Å². The molecule has 0 unspecified atom stereocenters. The Balaban J connectivity index is 1.68. The SMILES string of the molecule is O=C(CN(C(=O)c1ccc(Cl)cc1)N1C(=O)[C@H]2CCCC[C@@H]2C1=O)c1ccccc1. The van der Waals surface area contributed by atoms with Crippen LogP contribution in [0.2, 0.25) is 5.02 Å². The number of Topliss-reactive ketones (excluding diaryl/α,β-unsaturated/α-hetero) is 1. The standard InChI is InChI=1S/C23H21ClN2O4/c24-17-12-10-16(11-13-17)21(28)25(14-20(27)15-6-2-1-3-7-15)26-22(29)18-8-4-5-9-19(18)23(26)30/h1-3,6-7,10-13,18-19H,4-5,8-9,14H2/t18-,19-/m0/s1. The van der Waals surface area contributed by atoms with E-state index in [1.54, 1.807) is 42.5 Å². The lowest BCUT2D eigenvalue weighted by atomic mass is 9.81. The number of benzene rings is 2. The van der Waals surface area contributed by atoms with Crippen molar-refractivity contribution in [2.24, 2.45) is 11.8 Å². The van der Waals surface area contributed by atoms with Crippen molar-refractivity contribution < 1.29 is 19.2 Å². The molecule has 1 aliphatic carbocycles. The van der Waals surface area contributed by atoms with Crippen LogP contribution in [-0.4, -0.2) is 40.1 Å². The molecular weight excluding hydrogens is 404 g/mol. The molecule has 0 aromatic heterocycles. The van der Waals surface area contributed by atoms with Crippen molar-refractivity contribution in [3.63, 3.8) is 0 Å². The summed E-state index contributed by atoms with van der Waals surface area (Å²) in [6, 6.07) is 14.6. The van der Waals surface area contributed by atoms with Gasteiger partial charge in [0.05, 0.1) is 11.8 Å². The van der Waals surface area contributed by atoms with E-state index >= 15 is 0 Å². The first kappa shape index (κ1) is 20.3. The van der Waals surface area contributed by atoms with Crippen LogP contribution in [0.15, 0.2) is 54.6 Å². The maximum atomic E-state index is 13.3. The predicted octanol–water partition coefficient (Wildman–Crippen LogP) is 3.76. The van der Waals surface area contributed by atoms with Gasteiger partial charge in [-0.05, 0) is 37.1 Å². The van der Waals surface area contributed by atoms with Gasteiger partial charge in [-0.1, -0.05) is 54.8 Å². The number of amides is 3. The van der Waals surface area contributed by atoms with Crippen LogP contribution in [0.3, 0.4) is 0 Å². The van der Waals surface area contributed by atoms with Crippen LogP contribution in [0.25, 0.3) is 0 Å². The monoisotopic (exact) mass is 424 g/mol. The van der Waals surface area contributed by atoms with Crippen LogP contribution in [0.4, 0.5) is 0 Å².